The summed E-state index contributed by atoms with van der Waals surface area (Å²) in [6.07, 6.45) is 0. The molecule has 0 bridgehead atoms. The van der Waals surface area contributed by atoms with Crippen molar-refractivity contribution in [2.24, 2.45) is 0 Å². The van der Waals surface area contributed by atoms with E-state index in [1.54, 1.807) is 12.1 Å². The van der Waals surface area contributed by atoms with Gasteiger partial charge in [-0.2, -0.15) is 0 Å². The fraction of sp³-hybridized carbons (Fsp3) is 0. The van der Waals surface area contributed by atoms with Crippen LogP contribution in [0.25, 0.3) is 11.1 Å². The Labute approximate surface area is 87.8 Å². The quantitative estimate of drug-likeness (QED) is 0.854. The van der Waals surface area contributed by atoms with E-state index in [1.165, 1.54) is 12.1 Å². The summed E-state index contributed by atoms with van der Waals surface area (Å²) in [7, 11) is 0. The monoisotopic (exact) mass is 256 g/mol. The molecular weight excluding hydrogens is 251 g/mol. The van der Waals surface area contributed by atoms with Crippen LogP contribution in [0.1, 0.15) is 0 Å². The summed E-state index contributed by atoms with van der Waals surface area (Å²) < 4.78 is 17.9. The van der Waals surface area contributed by atoms with Crippen molar-refractivity contribution >= 4 is 21.8 Å². The molecule has 0 fully saturated rings. The fourth-order valence-corrected chi connectivity index (χ4v) is 1.66. The molecule has 2 N–H and O–H groups in total. The first-order valence-electron chi connectivity index (χ1n) is 3.85. The third-order valence-corrected chi connectivity index (χ3v) is 2.35. The molecule has 0 saturated heterocycles. The van der Waals surface area contributed by atoms with E-state index in [0.717, 1.165) is 5.56 Å². The van der Waals surface area contributed by atoms with Gasteiger partial charge in [0.25, 0.3) is 0 Å². The van der Waals surface area contributed by atoms with E-state index < -0.39 is 0 Å². The average molecular weight is 257 g/mol. The van der Waals surface area contributed by atoms with Gasteiger partial charge in [-0.3, -0.25) is 0 Å². The second-order valence-electron chi connectivity index (χ2n) is 2.72. The van der Waals surface area contributed by atoms with Gasteiger partial charge in [-0.05, 0) is 33.6 Å². The van der Waals surface area contributed by atoms with Gasteiger partial charge in [-0.1, -0.05) is 17.3 Å². The molecule has 2 rings (SSSR count). The Morgan fingerprint density at radius 1 is 1.29 bits per heavy atom. The number of halogens is 2. The van der Waals surface area contributed by atoms with E-state index >= 15 is 0 Å². The number of hydrogen-bond donors (Lipinski definition) is 1. The van der Waals surface area contributed by atoms with Crippen LogP contribution >= 0.6 is 15.9 Å². The Bertz CT molecular complexity index is 433. The molecule has 0 atom stereocenters. The van der Waals surface area contributed by atoms with Crippen LogP contribution in [0, 0.1) is 5.82 Å². The molecule has 0 aliphatic heterocycles. The molecule has 5 heteroatoms. The van der Waals surface area contributed by atoms with Gasteiger partial charge in [-0.25, -0.2) is 4.39 Å². The van der Waals surface area contributed by atoms with Crippen molar-refractivity contribution < 1.29 is 8.91 Å². The zero-order chi connectivity index (χ0) is 10.1. The Morgan fingerprint density at radius 3 is 2.43 bits per heavy atom. The lowest BCUT2D eigenvalue weighted by Gasteiger charge is -1.97. The van der Waals surface area contributed by atoms with Crippen LogP contribution in [0.2, 0.25) is 0 Å². The van der Waals surface area contributed by atoms with Crippen molar-refractivity contribution in [2.45, 2.75) is 0 Å². The number of benzene rings is 1. The molecule has 2 aromatic rings. The van der Waals surface area contributed by atoms with Gasteiger partial charge in [0.15, 0.2) is 4.60 Å². The topological polar surface area (TPSA) is 52.0 Å². The lowest BCUT2D eigenvalue weighted by molar-refractivity contribution is 0.432. The van der Waals surface area contributed by atoms with Crippen LogP contribution in [0.5, 0.6) is 0 Å². The van der Waals surface area contributed by atoms with Crippen molar-refractivity contribution in [1.29, 1.82) is 0 Å². The third kappa shape index (κ3) is 1.50. The molecule has 0 aliphatic rings. The van der Waals surface area contributed by atoms with Gasteiger partial charge in [-0.15, -0.1) is 0 Å². The number of hydrogen-bond acceptors (Lipinski definition) is 3. The van der Waals surface area contributed by atoms with E-state index in [4.69, 9.17) is 10.3 Å². The second-order valence-corrected chi connectivity index (χ2v) is 3.47. The summed E-state index contributed by atoms with van der Waals surface area (Å²) in [6.45, 7) is 0. The molecule has 1 aromatic heterocycles. The number of anilines is 1. The van der Waals surface area contributed by atoms with Crippen molar-refractivity contribution in [3.8, 4) is 11.1 Å². The highest BCUT2D eigenvalue weighted by Gasteiger charge is 2.12. The first kappa shape index (κ1) is 9.21. The molecule has 0 aliphatic carbocycles. The normalized spacial score (nSPS) is 10.4. The van der Waals surface area contributed by atoms with Crippen LogP contribution in [-0.4, -0.2) is 5.16 Å². The van der Waals surface area contributed by atoms with Crippen LogP contribution < -0.4 is 5.73 Å². The number of nitrogen functional groups attached to an aromatic ring is 1. The lowest BCUT2D eigenvalue weighted by Crippen LogP contribution is -1.85. The van der Waals surface area contributed by atoms with E-state index in [9.17, 15) is 4.39 Å². The van der Waals surface area contributed by atoms with Gasteiger partial charge in [0.1, 0.15) is 5.82 Å². The van der Waals surface area contributed by atoms with E-state index in [0.29, 0.717) is 10.2 Å². The van der Waals surface area contributed by atoms with E-state index in [2.05, 4.69) is 21.1 Å². The fourth-order valence-electron chi connectivity index (χ4n) is 1.16. The molecule has 0 amide bonds. The minimum Gasteiger partial charge on any atom is -0.367 e. The SMILES string of the molecule is Nc1onc(Br)c1-c1ccc(F)cc1. The summed E-state index contributed by atoms with van der Waals surface area (Å²) in [5.74, 6) is -0.0802. The van der Waals surface area contributed by atoms with Gasteiger partial charge < -0.3 is 10.3 Å². The summed E-state index contributed by atoms with van der Waals surface area (Å²) in [5.41, 5.74) is 6.96. The maximum absolute atomic E-state index is 12.6. The average Bonchev–Trinajstić information content (AvgIpc) is 2.49. The van der Waals surface area contributed by atoms with E-state index in [-0.39, 0.29) is 11.7 Å². The first-order chi connectivity index (χ1) is 6.68. The molecule has 14 heavy (non-hydrogen) atoms. The Kier molecular flexibility index (Phi) is 2.25. The minimum absolute atomic E-state index is 0.212. The molecule has 72 valence electrons. The van der Waals surface area contributed by atoms with Gasteiger partial charge >= 0.3 is 0 Å². The molecular formula is C9H6BrFN2O. The van der Waals surface area contributed by atoms with Crippen LogP contribution in [-0.2, 0) is 0 Å². The summed E-state index contributed by atoms with van der Waals surface area (Å²) in [5, 5.41) is 3.64. The predicted octanol–water partition coefficient (Wildman–Crippen LogP) is 2.83. The predicted molar refractivity (Wildman–Crippen MR) is 54.0 cm³/mol. The maximum atomic E-state index is 12.6. The molecule has 3 nitrogen and oxygen atoms in total. The van der Waals surface area contributed by atoms with Crippen LogP contribution in [0.3, 0.4) is 0 Å². The number of rotatable bonds is 1. The zero-order valence-corrected chi connectivity index (χ0v) is 8.58. The van der Waals surface area contributed by atoms with Crippen molar-refractivity contribution in [3.63, 3.8) is 0 Å². The molecule has 1 aromatic carbocycles. The van der Waals surface area contributed by atoms with Gasteiger partial charge in [0, 0.05) is 0 Å². The summed E-state index contributed by atoms with van der Waals surface area (Å²) in [6, 6.07) is 5.94. The van der Waals surface area contributed by atoms with Gasteiger partial charge in [0.2, 0.25) is 5.88 Å². The Morgan fingerprint density at radius 2 is 1.93 bits per heavy atom. The van der Waals surface area contributed by atoms with Crippen LogP contribution in [0.4, 0.5) is 10.3 Å². The van der Waals surface area contributed by atoms with E-state index in [1.807, 2.05) is 0 Å². The summed E-state index contributed by atoms with van der Waals surface area (Å²) in [4.78, 5) is 0. The highest BCUT2D eigenvalue weighted by molar-refractivity contribution is 9.10. The van der Waals surface area contributed by atoms with Crippen molar-refractivity contribution in [3.05, 3.63) is 34.7 Å². The van der Waals surface area contributed by atoms with Crippen molar-refractivity contribution in [1.82, 2.24) is 5.16 Å². The molecule has 0 radical (unpaired) electrons. The second kappa shape index (κ2) is 3.42. The molecule has 0 spiro atoms. The van der Waals surface area contributed by atoms with Gasteiger partial charge in [0.05, 0.1) is 5.56 Å². The Balaban J connectivity index is 2.54. The Hall–Kier alpha value is -1.36. The number of aromatic nitrogens is 1. The first-order valence-corrected chi connectivity index (χ1v) is 4.64. The number of nitrogens with two attached hydrogens (primary N) is 1. The third-order valence-electron chi connectivity index (χ3n) is 1.81. The smallest absolute Gasteiger partial charge is 0.231 e. The standard InChI is InChI=1S/C9H6BrFN2O/c10-8-7(9(12)14-13-8)5-1-3-6(11)4-2-5/h1-4H,12H2. The molecule has 1 heterocycles. The molecule has 0 saturated carbocycles. The maximum Gasteiger partial charge on any atom is 0.231 e. The zero-order valence-electron chi connectivity index (χ0n) is 7.00. The molecule has 0 unspecified atom stereocenters. The van der Waals surface area contributed by atoms with Crippen LogP contribution in [0.15, 0.2) is 33.4 Å². The highest BCUT2D eigenvalue weighted by Crippen LogP contribution is 2.32. The highest BCUT2D eigenvalue weighted by atomic mass is 79.9. The summed E-state index contributed by atoms with van der Waals surface area (Å²) >= 11 is 3.19. The largest absolute Gasteiger partial charge is 0.367 e. The van der Waals surface area contributed by atoms with Crippen molar-refractivity contribution in [2.75, 3.05) is 5.73 Å². The minimum atomic E-state index is -0.292. The number of nitrogens with zero attached hydrogens (tertiary/aromatic N) is 1. The lowest BCUT2D eigenvalue weighted by atomic mass is 10.1.